The van der Waals surface area contributed by atoms with Crippen molar-refractivity contribution in [2.75, 3.05) is 19.7 Å². The first kappa shape index (κ1) is 15.8. The molecule has 1 aliphatic heterocycles. The maximum Gasteiger partial charge on any atom is 0.137 e. The highest BCUT2D eigenvalue weighted by molar-refractivity contribution is 5.42. The van der Waals surface area contributed by atoms with Crippen molar-refractivity contribution >= 4 is 0 Å². The van der Waals surface area contributed by atoms with Crippen molar-refractivity contribution in [3.05, 3.63) is 29.8 Å². The van der Waals surface area contributed by atoms with Gasteiger partial charge in [-0.1, -0.05) is 25.5 Å². The second-order valence-corrected chi connectivity index (χ2v) is 5.53. The summed E-state index contributed by atoms with van der Waals surface area (Å²) >= 11 is 0. The Balaban J connectivity index is 1.88. The molecule has 2 unspecified atom stereocenters. The highest BCUT2D eigenvalue weighted by Gasteiger charge is 2.27. The van der Waals surface area contributed by atoms with Crippen LogP contribution in [0.4, 0.5) is 0 Å². The number of nitriles is 1. The Morgan fingerprint density at radius 2 is 2.24 bits per heavy atom. The fraction of sp³-hybridized carbons (Fsp3) is 0.588. The van der Waals surface area contributed by atoms with Crippen LogP contribution in [0.15, 0.2) is 24.3 Å². The number of para-hydroxylation sites is 1. The molecule has 1 N–H and O–H groups in total. The molecule has 2 atom stereocenters. The fourth-order valence-corrected chi connectivity index (χ4v) is 2.96. The fourth-order valence-electron chi connectivity index (χ4n) is 2.96. The van der Waals surface area contributed by atoms with Gasteiger partial charge < -0.3 is 9.84 Å². The molecule has 1 aromatic rings. The van der Waals surface area contributed by atoms with E-state index in [2.05, 4.69) is 11.0 Å². The Labute approximate surface area is 127 Å². The first-order valence-electron chi connectivity index (χ1n) is 7.80. The minimum atomic E-state index is -0.253. The van der Waals surface area contributed by atoms with Gasteiger partial charge in [0.15, 0.2) is 0 Å². The summed E-state index contributed by atoms with van der Waals surface area (Å²) in [5.41, 5.74) is 0.571. The molecule has 1 heterocycles. The van der Waals surface area contributed by atoms with Crippen LogP contribution in [0.3, 0.4) is 0 Å². The second-order valence-electron chi connectivity index (χ2n) is 5.53. The Morgan fingerprint density at radius 1 is 1.43 bits per heavy atom. The van der Waals surface area contributed by atoms with E-state index < -0.39 is 0 Å². The number of nitrogens with zero attached hydrogens (tertiary/aromatic N) is 2. The van der Waals surface area contributed by atoms with Crippen molar-refractivity contribution in [3.8, 4) is 11.8 Å². The first-order chi connectivity index (χ1) is 10.3. The van der Waals surface area contributed by atoms with Crippen molar-refractivity contribution in [2.45, 2.75) is 44.8 Å². The standard InChI is InChI=1S/C17H24N2O2/c1-2-16(20)15-8-5-6-10-19(15)11-12-21-17-9-4-3-7-14(17)13-18/h3-4,7,9,15-16,20H,2,5-6,8,10-12H2,1H3. The lowest BCUT2D eigenvalue weighted by Crippen LogP contribution is -2.48. The van der Waals surface area contributed by atoms with E-state index in [1.807, 2.05) is 25.1 Å². The van der Waals surface area contributed by atoms with Crippen LogP contribution in [0.1, 0.15) is 38.2 Å². The van der Waals surface area contributed by atoms with Gasteiger partial charge in [0.05, 0.1) is 11.7 Å². The van der Waals surface area contributed by atoms with E-state index in [9.17, 15) is 5.11 Å². The van der Waals surface area contributed by atoms with Crippen LogP contribution in [-0.4, -0.2) is 41.8 Å². The van der Waals surface area contributed by atoms with Crippen LogP contribution in [0.2, 0.25) is 0 Å². The van der Waals surface area contributed by atoms with E-state index in [0.717, 1.165) is 25.9 Å². The molecule has 1 aliphatic rings. The Bertz CT molecular complexity index is 484. The molecule has 4 heteroatoms. The summed E-state index contributed by atoms with van der Waals surface area (Å²) in [5, 5.41) is 19.2. The van der Waals surface area contributed by atoms with Gasteiger partial charge in [-0.25, -0.2) is 0 Å². The number of aliphatic hydroxyl groups excluding tert-OH is 1. The summed E-state index contributed by atoms with van der Waals surface area (Å²) in [5.74, 6) is 0.643. The number of benzene rings is 1. The minimum Gasteiger partial charge on any atom is -0.491 e. The molecular weight excluding hydrogens is 264 g/mol. The molecular formula is C17H24N2O2. The molecule has 1 saturated heterocycles. The van der Waals surface area contributed by atoms with Gasteiger partial charge >= 0.3 is 0 Å². The van der Waals surface area contributed by atoms with E-state index in [4.69, 9.17) is 10.00 Å². The molecule has 1 fully saturated rings. The number of likely N-dealkylation sites (tertiary alicyclic amines) is 1. The summed E-state index contributed by atoms with van der Waals surface area (Å²) in [6, 6.07) is 9.69. The monoisotopic (exact) mass is 288 g/mol. The molecule has 0 spiro atoms. The highest BCUT2D eigenvalue weighted by atomic mass is 16.5. The molecule has 4 nitrogen and oxygen atoms in total. The van der Waals surface area contributed by atoms with Crippen LogP contribution in [0.25, 0.3) is 0 Å². The molecule has 0 saturated carbocycles. The smallest absolute Gasteiger partial charge is 0.137 e. The molecule has 0 amide bonds. The lowest BCUT2D eigenvalue weighted by molar-refractivity contribution is 0.0178. The van der Waals surface area contributed by atoms with Crippen LogP contribution in [0.5, 0.6) is 5.75 Å². The van der Waals surface area contributed by atoms with E-state index in [-0.39, 0.29) is 12.1 Å². The third-order valence-electron chi connectivity index (χ3n) is 4.17. The zero-order valence-corrected chi connectivity index (χ0v) is 12.7. The Kier molecular flexibility index (Phi) is 6.04. The van der Waals surface area contributed by atoms with Gasteiger partial charge in [0, 0.05) is 12.6 Å². The summed E-state index contributed by atoms with van der Waals surface area (Å²) < 4.78 is 5.75. The predicted octanol–water partition coefficient (Wildman–Crippen LogP) is 2.56. The Morgan fingerprint density at radius 3 is 3.00 bits per heavy atom. The summed E-state index contributed by atoms with van der Waals surface area (Å²) in [6.45, 7) is 4.38. The van der Waals surface area contributed by atoms with Gasteiger partial charge in [-0.2, -0.15) is 5.26 Å². The SMILES string of the molecule is CCC(O)C1CCCCN1CCOc1ccccc1C#N. The Hall–Kier alpha value is -1.57. The molecule has 114 valence electrons. The topological polar surface area (TPSA) is 56.5 Å². The number of rotatable bonds is 6. The van der Waals surface area contributed by atoms with E-state index in [1.54, 1.807) is 6.07 Å². The number of hydrogen-bond acceptors (Lipinski definition) is 4. The molecule has 0 radical (unpaired) electrons. The summed E-state index contributed by atoms with van der Waals surface area (Å²) in [6.07, 6.45) is 3.97. The highest BCUT2D eigenvalue weighted by Crippen LogP contribution is 2.21. The molecule has 0 aliphatic carbocycles. The zero-order valence-electron chi connectivity index (χ0n) is 12.7. The van der Waals surface area contributed by atoms with Crippen molar-refractivity contribution in [1.29, 1.82) is 5.26 Å². The van der Waals surface area contributed by atoms with Gasteiger partial charge in [0.25, 0.3) is 0 Å². The normalized spacial score (nSPS) is 20.7. The number of piperidine rings is 1. The molecule has 0 bridgehead atoms. The molecule has 1 aromatic carbocycles. The lowest BCUT2D eigenvalue weighted by atomic mass is 9.96. The summed E-state index contributed by atoms with van der Waals surface area (Å²) in [4.78, 5) is 2.33. The minimum absolute atomic E-state index is 0.249. The maximum atomic E-state index is 10.1. The zero-order chi connectivity index (χ0) is 15.1. The average molecular weight is 288 g/mol. The van der Waals surface area contributed by atoms with E-state index in [0.29, 0.717) is 17.9 Å². The maximum absolute atomic E-state index is 10.1. The number of aliphatic hydroxyl groups is 1. The number of ether oxygens (including phenoxy) is 1. The average Bonchev–Trinajstić information content (AvgIpc) is 2.55. The largest absolute Gasteiger partial charge is 0.491 e. The van der Waals surface area contributed by atoms with Crippen molar-refractivity contribution < 1.29 is 9.84 Å². The van der Waals surface area contributed by atoms with Gasteiger partial charge in [-0.15, -0.1) is 0 Å². The third-order valence-corrected chi connectivity index (χ3v) is 4.17. The number of hydrogen-bond donors (Lipinski definition) is 1. The van der Waals surface area contributed by atoms with Crippen molar-refractivity contribution in [3.63, 3.8) is 0 Å². The molecule has 2 rings (SSSR count). The van der Waals surface area contributed by atoms with E-state index in [1.165, 1.54) is 12.8 Å². The molecule has 0 aromatic heterocycles. The van der Waals surface area contributed by atoms with Gasteiger partial charge in [0.2, 0.25) is 0 Å². The van der Waals surface area contributed by atoms with Crippen LogP contribution >= 0.6 is 0 Å². The van der Waals surface area contributed by atoms with Crippen LogP contribution in [0, 0.1) is 11.3 Å². The predicted molar refractivity (Wildman–Crippen MR) is 82.2 cm³/mol. The van der Waals surface area contributed by atoms with E-state index >= 15 is 0 Å². The lowest BCUT2D eigenvalue weighted by Gasteiger charge is -2.38. The van der Waals surface area contributed by atoms with Crippen molar-refractivity contribution in [1.82, 2.24) is 4.90 Å². The second kappa shape index (κ2) is 8.02. The third kappa shape index (κ3) is 4.20. The van der Waals surface area contributed by atoms with Crippen LogP contribution in [-0.2, 0) is 0 Å². The van der Waals surface area contributed by atoms with Gasteiger partial charge in [-0.05, 0) is 37.9 Å². The molecule has 21 heavy (non-hydrogen) atoms. The summed E-state index contributed by atoms with van der Waals surface area (Å²) in [7, 11) is 0. The first-order valence-corrected chi connectivity index (χ1v) is 7.80. The van der Waals surface area contributed by atoms with Gasteiger partial charge in [-0.3, -0.25) is 4.90 Å². The van der Waals surface area contributed by atoms with Crippen molar-refractivity contribution in [2.24, 2.45) is 0 Å². The van der Waals surface area contributed by atoms with Gasteiger partial charge in [0.1, 0.15) is 18.4 Å². The quantitative estimate of drug-likeness (QED) is 0.874. The van der Waals surface area contributed by atoms with Crippen LogP contribution < -0.4 is 4.74 Å².